The molecule has 74 heavy (non-hydrogen) atoms. The Morgan fingerprint density at radius 3 is 0.959 bits per heavy atom. The number of benzene rings is 11. The van der Waals surface area contributed by atoms with Gasteiger partial charge in [-0.1, -0.05) is 206 Å². The van der Waals surface area contributed by atoms with Crippen LogP contribution in [0.15, 0.2) is 255 Å². The molecule has 0 atom stereocenters. The second-order valence-electron chi connectivity index (χ2n) is 19.7. The lowest BCUT2D eigenvalue weighted by atomic mass is 9.67. The number of nitriles is 2. The Bertz CT molecular complexity index is 4180. The van der Waals surface area contributed by atoms with Crippen LogP contribution < -0.4 is 0 Å². The molecule has 0 spiro atoms. The molecule has 2 aliphatic rings. The third-order valence-electron chi connectivity index (χ3n) is 16.4. The smallest absolute Gasteiger partial charge is 0.103 e. The quantitative estimate of drug-likeness (QED) is 0.167. The second kappa shape index (κ2) is 15.8. The highest BCUT2D eigenvalue weighted by atomic mass is 15.0. The highest BCUT2D eigenvalue weighted by Crippen LogP contribution is 2.59. The molecule has 4 nitrogen and oxygen atoms in total. The van der Waals surface area contributed by atoms with Gasteiger partial charge < -0.3 is 9.13 Å². The Hall–Kier alpha value is -10.0. The predicted octanol–water partition coefficient (Wildman–Crippen LogP) is 16.4. The molecule has 2 aromatic heterocycles. The lowest BCUT2D eigenvalue weighted by Crippen LogP contribution is -2.28. The molecule has 0 N–H and O–H groups in total. The molecule has 342 valence electrons. The molecule has 0 radical (unpaired) electrons. The topological polar surface area (TPSA) is 57.4 Å². The zero-order valence-electron chi connectivity index (χ0n) is 40.0. The molecule has 0 saturated heterocycles. The summed E-state index contributed by atoms with van der Waals surface area (Å²) >= 11 is 0. The van der Waals surface area contributed by atoms with Crippen molar-refractivity contribution < 1.29 is 0 Å². The van der Waals surface area contributed by atoms with Crippen molar-refractivity contribution in [2.75, 3.05) is 0 Å². The Morgan fingerprint density at radius 2 is 0.595 bits per heavy atom. The average Bonchev–Trinajstić information content (AvgIpc) is 4.27. The average molecular weight is 939 g/mol. The van der Waals surface area contributed by atoms with Crippen LogP contribution in [0.4, 0.5) is 0 Å². The summed E-state index contributed by atoms with van der Waals surface area (Å²) in [6.07, 6.45) is 0. The van der Waals surface area contributed by atoms with Crippen molar-refractivity contribution in [3.05, 3.63) is 310 Å². The van der Waals surface area contributed by atoms with E-state index in [2.05, 4.69) is 276 Å². The third kappa shape index (κ3) is 5.38. The first-order chi connectivity index (χ1) is 36.7. The van der Waals surface area contributed by atoms with E-state index in [4.69, 9.17) is 0 Å². The maximum atomic E-state index is 11.6. The standard InChI is InChI=1S/C70H42N4/c71-43-57-58(44-72)66(74-64-36-20-16-32-52(64)56-40-54-50-30-14-18-34-60(50)70(62(54)42-68(56)74,47-25-9-3-10-26-47)48-27-11-4-12-28-48)38-37-65(57)73-63-35-19-15-31-51(63)55-39-53-49-29-13-17-33-59(49)69(61(53)41-67(55)73,45-21-5-1-6-22-45)46-23-7-2-8-24-46/h1-42H. The molecule has 13 aromatic rings. The molecule has 0 fully saturated rings. The molecule has 0 aliphatic heterocycles. The van der Waals surface area contributed by atoms with Gasteiger partial charge in [-0.2, -0.15) is 10.5 Å². The minimum Gasteiger partial charge on any atom is -0.308 e. The van der Waals surface area contributed by atoms with E-state index in [-0.39, 0.29) is 0 Å². The van der Waals surface area contributed by atoms with Gasteiger partial charge in [0.15, 0.2) is 0 Å². The Balaban J connectivity index is 1.01. The fourth-order valence-corrected chi connectivity index (χ4v) is 13.5. The maximum Gasteiger partial charge on any atom is 0.103 e. The first-order valence-electron chi connectivity index (χ1n) is 25.2. The van der Waals surface area contributed by atoms with Gasteiger partial charge in [0.05, 0.1) is 55.4 Å². The summed E-state index contributed by atoms with van der Waals surface area (Å²) in [4.78, 5) is 0. The van der Waals surface area contributed by atoms with Crippen LogP contribution in [0, 0.1) is 22.7 Å². The molecule has 0 amide bonds. The van der Waals surface area contributed by atoms with Gasteiger partial charge in [-0.25, -0.2) is 0 Å². The number of fused-ring (bicyclic) bond motifs is 12. The summed E-state index contributed by atoms with van der Waals surface area (Å²) in [5.74, 6) is 0. The summed E-state index contributed by atoms with van der Waals surface area (Å²) in [5.41, 5.74) is 18.8. The molecule has 2 heterocycles. The van der Waals surface area contributed by atoms with Crippen molar-refractivity contribution in [3.63, 3.8) is 0 Å². The van der Waals surface area contributed by atoms with Crippen LogP contribution >= 0.6 is 0 Å². The third-order valence-corrected chi connectivity index (χ3v) is 16.4. The molecule has 2 aliphatic carbocycles. The van der Waals surface area contributed by atoms with Gasteiger partial charge in [0.1, 0.15) is 12.1 Å². The summed E-state index contributed by atoms with van der Waals surface area (Å²) in [6, 6.07) is 96.7. The van der Waals surface area contributed by atoms with Crippen LogP contribution in [-0.2, 0) is 10.8 Å². The van der Waals surface area contributed by atoms with E-state index >= 15 is 0 Å². The lowest BCUT2D eigenvalue weighted by Gasteiger charge is -2.34. The van der Waals surface area contributed by atoms with E-state index in [0.717, 1.165) is 43.6 Å². The molecule has 4 heteroatoms. The van der Waals surface area contributed by atoms with Crippen molar-refractivity contribution in [2.24, 2.45) is 0 Å². The summed E-state index contributed by atoms with van der Waals surface area (Å²) in [5, 5.41) is 27.5. The van der Waals surface area contributed by atoms with Crippen LogP contribution in [0.25, 0.3) is 77.2 Å². The fourth-order valence-electron chi connectivity index (χ4n) is 13.5. The molecule has 0 bridgehead atoms. The Labute approximate surface area is 428 Å². The minimum atomic E-state index is -0.625. The minimum absolute atomic E-state index is 0.316. The van der Waals surface area contributed by atoms with Gasteiger partial charge in [0.2, 0.25) is 0 Å². The first-order valence-corrected chi connectivity index (χ1v) is 25.2. The second-order valence-corrected chi connectivity index (χ2v) is 19.7. The van der Waals surface area contributed by atoms with E-state index in [1.807, 2.05) is 0 Å². The SMILES string of the molecule is N#Cc1c(-n2c3ccccc3c3cc4c(cc32)C(c2ccccc2)(c2ccccc2)c2ccccc2-4)ccc(-n2c3ccccc3c3cc4c(cc32)C(c2ccccc2)(c2ccccc2)c2ccccc2-4)c1C#N. The van der Waals surface area contributed by atoms with E-state index in [1.54, 1.807) is 0 Å². The van der Waals surface area contributed by atoms with Crippen molar-refractivity contribution >= 4 is 43.6 Å². The van der Waals surface area contributed by atoms with Gasteiger partial charge >= 0.3 is 0 Å². The molecule has 11 aromatic carbocycles. The van der Waals surface area contributed by atoms with E-state index < -0.39 is 10.8 Å². The molecule has 0 saturated carbocycles. The lowest BCUT2D eigenvalue weighted by molar-refractivity contribution is 0.769. The zero-order chi connectivity index (χ0) is 49.1. The predicted molar refractivity (Wildman–Crippen MR) is 299 cm³/mol. The molecular weight excluding hydrogens is 897 g/mol. The van der Waals surface area contributed by atoms with Gasteiger partial charge in [0.25, 0.3) is 0 Å². The summed E-state index contributed by atoms with van der Waals surface area (Å²) in [6.45, 7) is 0. The van der Waals surface area contributed by atoms with Gasteiger partial charge in [-0.15, -0.1) is 0 Å². The van der Waals surface area contributed by atoms with Crippen molar-refractivity contribution in [3.8, 4) is 45.8 Å². The number of nitrogens with zero attached hydrogens (tertiary/aromatic N) is 4. The maximum absolute atomic E-state index is 11.6. The van der Waals surface area contributed by atoms with Crippen LogP contribution in [-0.4, -0.2) is 9.13 Å². The number of hydrogen-bond acceptors (Lipinski definition) is 2. The van der Waals surface area contributed by atoms with E-state index in [1.165, 1.54) is 66.8 Å². The number of hydrogen-bond donors (Lipinski definition) is 0. The normalized spacial score (nSPS) is 13.6. The monoisotopic (exact) mass is 938 g/mol. The van der Waals surface area contributed by atoms with Crippen LogP contribution in [0.5, 0.6) is 0 Å². The molecule has 0 unspecified atom stereocenters. The Kier molecular flexibility index (Phi) is 8.89. The molecule has 15 rings (SSSR count). The van der Waals surface area contributed by atoms with Crippen molar-refractivity contribution in [2.45, 2.75) is 10.8 Å². The largest absolute Gasteiger partial charge is 0.308 e. The van der Waals surface area contributed by atoms with Crippen LogP contribution in [0.1, 0.15) is 55.6 Å². The van der Waals surface area contributed by atoms with Crippen molar-refractivity contribution in [1.82, 2.24) is 9.13 Å². The highest BCUT2D eigenvalue weighted by molar-refractivity contribution is 6.14. The van der Waals surface area contributed by atoms with Gasteiger partial charge in [-0.3, -0.25) is 0 Å². The van der Waals surface area contributed by atoms with Crippen molar-refractivity contribution in [1.29, 1.82) is 10.5 Å². The zero-order valence-corrected chi connectivity index (χ0v) is 40.0. The number of aromatic nitrogens is 2. The van der Waals surface area contributed by atoms with Crippen LogP contribution in [0.2, 0.25) is 0 Å². The van der Waals surface area contributed by atoms with Crippen LogP contribution in [0.3, 0.4) is 0 Å². The van der Waals surface area contributed by atoms with E-state index in [0.29, 0.717) is 22.5 Å². The van der Waals surface area contributed by atoms with Gasteiger partial charge in [0, 0.05) is 21.5 Å². The van der Waals surface area contributed by atoms with Gasteiger partial charge in [-0.05, 0) is 115 Å². The molecular formula is C70H42N4. The summed E-state index contributed by atoms with van der Waals surface area (Å²) < 4.78 is 4.45. The Morgan fingerprint density at radius 1 is 0.270 bits per heavy atom. The highest BCUT2D eigenvalue weighted by Gasteiger charge is 2.48. The number of para-hydroxylation sites is 2. The van der Waals surface area contributed by atoms with E-state index in [9.17, 15) is 10.5 Å². The number of rotatable bonds is 6. The summed E-state index contributed by atoms with van der Waals surface area (Å²) in [7, 11) is 0. The first kappa shape index (κ1) is 41.8. The fraction of sp³-hybridized carbons (Fsp3) is 0.0286.